The van der Waals surface area contributed by atoms with Crippen LogP contribution in [0.15, 0.2) is 58.4 Å². The molecule has 0 aliphatic rings. The van der Waals surface area contributed by atoms with Crippen LogP contribution in [0.2, 0.25) is 5.02 Å². The van der Waals surface area contributed by atoms with E-state index in [9.17, 15) is 45.1 Å². The van der Waals surface area contributed by atoms with E-state index in [0.717, 1.165) is 19.3 Å². The summed E-state index contributed by atoms with van der Waals surface area (Å²) in [7, 11) is 0.719. The summed E-state index contributed by atoms with van der Waals surface area (Å²) in [6.45, 7) is -1.20. The molecule has 0 aliphatic heterocycles. The van der Waals surface area contributed by atoms with Crippen LogP contribution in [0.25, 0.3) is 5.82 Å². The fourth-order valence-electron chi connectivity index (χ4n) is 3.44. The summed E-state index contributed by atoms with van der Waals surface area (Å²) in [6, 6.07) is 5.03. The predicted octanol–water partition coefficient (Wildman–Crippen LogP) is 4.47. The Kier molecular flexibility index (Phi) is 8.93. The highest BCUT2D eigenvalue weighted by Crippen LogP contribution is 2.34. The molecule has 4 rings (SSSR count). The average Bonchev–Trinajstić information content (AvgIpc) is 2.94. The molecule has 11 nitrogen and oxygen atoms in total. The van der Waals surface area contributed by atoms with Crippen molar-refractivity contribution < 1.29 is 49.7 Å². The van der Waals surface area contributed by atoms with Crippen LogP contribution in [0, 0.1) is 5.82 Å². The third kappa shape index (κ3) is 7.13. The molecule has 0 N–H and O–H groups in total. The number of ether oxygens (including phenoxy) is 3. The van der Waals surface area contributed by atoms with Crippen molar-refractivity contribution in [1.82, 2.24) is 24.1 Å². The van der Waals surface area contributed by atoms with Gasteiger partial charge in [0, 0.05) is 37.1 Å². The van der Waals surface area contributed by atoms with Gasteiger partial charge in [-0.1, -0.05) is 17.7 Å². The van der Waals surface area contributed by atoms with Crippen LogP contribution in [0.5, 0.6) is 17.5 Å². The monoisotopic (exact) mass is 649 g/mol. The van der Waals surface area contributed by atoms with Crippen molar-refractivity contribution in [3.8, 4) is 23.3 Å². The number of esters is 1. The molecule has 0 saturated heterocycles. The Labute approximate surface area is 245 Å². The first-order valence-electron chi connectivity index (χ1n) is 11.8. The molecule has 0 aromatic carbocycles. The normalized spacial score (nSPS) is 11.8. The van der Waals surface area contributed by atoms with Gasteiger partial charge in [0.05, 0.1) is 0 Å². The zero-order valence-electron chi connectivity index (χ0n) is 21.7. The topological polar surface area (TPSA) is 127 Å². The fourth-order valence-corrected chi connectivity index (χ4v) is 3.61. The predicted molar refractivity (Wildman–Crippen MR) is 134 cm³/mol. The van der Waals surface area contributed by atoms with Gasteiger partial charge in [0.2, 0.25) is 5.88 Å². The highest BCUT2D eigenvalue weighted by molar-refractivity contribution is 6.31. The van der Waals surface area contributed by atoms with E-state index in [-0.39, 0.29) is 32.4 Å². The number of carbonyl (C=O) groups excluding carboxylic acids is 1. The maximum Gasteiger partial charge on any atom is 0.433 e. The third-order valence-electron chi connectivity index (χ3n) is 5.49. The minimum absolute atomic E-state index is 0.0383. The van der Waals surface area contributed by atoms with Gasteiger partial charge in [-0.15, -0.1) is 0 Å². The van der Waals surface area contributed by atoms with Crippen LogP contribution in [-0.4, -0.2) is 36.7 Å². The summed E-state index contributed by atoms with van der Waals surface area (Å²) in [5, 5.41) is -0.498. The largest absolute Gasteiger partial charge is 0.463 e. The number of hydrogen-bond acceptors (Lipinski definition) is 9. The van der Waals surface area contributed by atoms with E-state index in [1.165, 1.54) is 18.3 Å². The molecule has 232 valence electrons. The second kappa shape index (κ2) is 12.3. The van der Waals surface area contributed by atoms with E-state index < -0.39 is 76.7 Å². The molecule has 0 bridgehead atoms. The number of pyridine rings is 3. The molecule has 4 aromatic heterocycles. The Bertz CT molecular complexity index is 1830. The Hall–Kier alpha value is -5.00. The van der Waals surface area contributed by atoms with E-state index >= 15 is 0 Å². The molecule has 0 unspecified atom stereocenters. The Balaban J connectivity index is 1.52. The lowest BCUT2D eigenvalue weighted by Gasteiger charge is -2.15. The molecule has 4 aromatic rings. The van der Waals surface area contributed by atoms with Gasteiger partial charge in [-0.05, 0) is 18.2 Å². The van der Waals surface area contributed by atoms with E-state index in [0.29, 0.717) is 12.1 Å². The molecular weight excluding hydrogens is 635 g/mol. The molecule has 0 spiro atoms. The van der Waals surface area contributed by atoms with Crippen molar-refractivity contribution in [2.75, 3.05) is 6.61 Å². The molecular formula is C25H15ClF7N5O6. The van der Waals surface area contributed by atoms with E-state index in [4.69, 9.17) is 25.8 Å². The van der Waals surface area contributed by atoms with Crippen LogP contribution < -0.4 is 20.7 Å². The molecule has 0 fully saturated rings. The van der Waals surface area contributed by atoms with E-state index in [1.54, 1.807) is 0 Å². The highest BCUT2D eigenvalue weighted by Gasteiger charge is 2.35. The zero-order valence-corrected chi connectivity index (χ0v) is 22.5. The van der Waals surface area contributed by atoms with Gasteiger partial charge in [-0.2, -0.15) is 31.3 Å². The van der Waals surface area contributed by atoms with Crippen LogP contribution in [0.3, 0.4) is 0 Å². The lowest BCUT2D eigenvalue weighted by Crippen LogP contribution is -2.41. The summed E-state index contributed by atoms with van der Waals surface area (Å²) in [4.78, 5) is 47.9. The smallest absolute Gasteiger partial charge is 0.433 e. The SMILES string of the molecule is Cn1c(C(F)(F)F)cc(=O)n(-c2nc(Oc3cccnc3OCC(=O)OCc3ccc(C(F)(F)F)nc3)c(Cl)cc2F)c1=O. The molecule has 0 saturated carbocycles. The summed E-state index contributed by atoms with van der Waals surface area (Å²) in [5.74, 6) is -4.61. The van der Waals surface area contributed by atoms with Crippen LogP contribution >= 0.6 is 11.6 Å². The van der Waals surface area contributed by atoms with Crippen molar-refractivity contribution in [3.05, 3.63) is 97.4 Å². The zero-order chi connectivity index (χ0) is 32.4. The quantitative estimate of drug-likeness (QED) is 0.201. The lowest BCUT2D eigenvalue weighted by molar-refractivity contribution is -0.147. The molecule has 4 heterocycles. The number of alkyl halides is 6. The second-order valence-corrected chi connectivity index (χ2v) is 8.94. The van der Waals surface area contributed by atoms with Crippen molar-refractivity contribution in [3.63, 3.8) is 0 Å². The maximum absolute atomic E-state index is 14.8. The first-order valence-corrected chi connectivity index (χ1v) is 12.1. The van der Waals surface area contributed by atoms with Gasteiger partial charge in [-0.25, -0.2) is 23.5 Å². The number of nitrogens with zero attached hydrogens (tertiary/aromatic N) is 5. The third-order valence-corrected chi connectivity index (χ3v) is 5.76. The summed E-state index contributed by atoms with van der Waals surface area (Å²) >= 11 is 6.00. The molecule has 0 atom stereocenters. The number of carbonyl (C=O) groups is 1. The highest BCUT2D eigenvalue weighted by atomic mass is 35.5. The number of halogens is 8. The number of rotatable bonds is 8. The summed E-state index contributed by atoms with van der Waals surface area (Å²) < 4.78 is 108. The number of aromatic nitrogens is 5. The molecule has 0 radical (unpaired) electrons. The van der Waals surface area contributed by atoms with Crippen LogP contribution in [0.4, 0.5) is 30.7 Å². The first-order chi connectivity index (χ1) is 20.6. The Morgan fingerprint density at radius 3 is 2.36 bits per heavy atom. The van der Waals surface area contributed by atoms with Gasteiger partial charge in [0.25, 0.3) is 11.4 Å². The average molecular weight is 650 g/mol. The Morgan fingerprint density at radius 2 is 1.73 bits per heavy atom. The van der Waals surface area contributed by atoms with Crippen LogP contribution in [0.1, 0.15) is 17.0 Å². The van der Waals surface area contributed by atoms with Crippen molar-refractivity contribution in [2.24, 2.45) is 7.05 Å². The minimum Gasteiger partial charge on any atom is -0.463 e. The first kappa shape index (κ1) is 31.9. The number of hydrogen-bond donors (Lipinski definition) is 0. The van der Waals surface area contributed by atoms with Crippen molar-refractivity contribution in [1.29, 1.82) is 0 Å². The van der Waals surface area contributed by atoms with Gasteiger partial charge in [-0.3, -0.25) is 14.3 Å². The van der Waals surface area contributed by atoms with Gasteiger partial charge in [0.15, 0.2) is 24.0 Å². The molecule has 44 heavy (non-hydrogen) atoms. The standard InChI is InChI=1S/C25H15ClF7N5O6/c1-37-17(25(31,32)33)8-18(39)38(23(37)41)20-14(27)7-13(26)21(36-20)44-15-3-2-6-34-22(15)43-11-19(40)42-10-12-4-5-16(35-9-12)24(28,29)30/h2-9H,10-11H2,1H3. The minimum atomic E-state index is -5.06. The fraction of sp³-hybridized carbons (Fsp3) is 0.200. The van der Waals surface area contributed by atoms with E-state index in [2.05, 4.69) is 15.0 Å². The van der Waals surface area contributed by atoms with Gasteiger partial charge < -0.3 is 14.2 Å². The molecule has 19 heteroatoms. The molecule has 0 amide bonds. The summed E-state index contributed by atoms with van der Waals surface area (Å²) in [5.41, 5.74) is -5.67. The van der Waals surface area contributed by atoms with E-state index in [1.807, 2.05) is 0 Å². The Morgan fingerprint density at radius 1 is 1.00 bits per heavy atom. The van der Waals surface area contributed by atoms with Crippen molar-refractivity contribution >= 4 is 17.6 Å². The lowest BCUT2D eigenvalue weighted by atomic mass is 10.2. The van der Waals surface area contributed by atoms with Gasteiger partial charge >= 0.3 is 24.0 Å². The van der Waals surface area contributed by atoms with Gasteiger partial charge in [0.1, 0.15) is 23.0 Å². The second-order valence-electron chi connectivity index (χ2n) is 8.53. The summed E-state index contributed by atoms with van der Waals surface area (Å²) in [6.07, 6.45) is -7.60. The molecule has 0 aliphatic carbocycles. The maximum atomic E-state index is 14.8. The van der Waals surface area contributed by atoms with Crippen LogP contribution in [-0.2, 0) is 35.5 Å². The van der Waals surface area contributed by atoms with Crippen molar-refractivity contribution in [2.45, 2.75) is 19.0 Å².